The van der Waals surface area contributed by atoms with Crippen molar-refractivity contribution < 1.29 is 14.4 Å². The SMILES string of the molecule is O=CC1=CCCC(C(=O)c2ccccc2)(C(=O)c2ccccc2)C1. The van der Waals surface area contributed by atoms with Crippen molar-refractivity contribution in [2.45, 2.75) is 19.3 Å². The lowest BCUT2D eigenvalue weighted by Gasteiger charge is -2.33. The number of ketones is 2. The molecule has 3 nitrogen and oxygen atoms in total. The molecule has 0 heterocycles. The summed E-state index contributed by atoms with van der Waals surface area (Å²) in [6.45, 7) is 0. The molecule has 0 N–H and O–H groups in total. The van der Waals surface area contributed by atoms with Gasteiger partial charge in [-0.25, -0.2) is 0 Å². The molecule has 24 heavy (non-hydrogen) atoms. The standard InChI is InChI=1S/C21H18O3/c22-15-16-8-7-13-21(14-16,19(23)17-9-3-1-4-10-17)20(24)18-11-5-2-6-12-18/h1-6,8-12,15H,7,13-14H2. The second kappa shape index (κ2) is 6.75. The Hall–Kier alpha value is -2.81. The molecule has 0 fully saturated rings. The highest BCUT2D eigenvalue weighted by atomic mass is 16.2. The Labute approximate surface area is 141 Å². The molecule has 3 rings (SSSR count). The van der Waals surface area contributed by atoms with Gasteiger partial charge in [0.05, 0.1) is 0 Å². The molecule has 1 aliphatic carbocycles. The van der Waals surface area contributed by atoms with E-state index >= 15 is 0 Å². The molecule has 0 atom stereocenters. The lowest BCUT2D eigenvalue weighted by Crippen LogP contribution is -2.41. The maximum atomic E-state index is 13.2. The van der Waals surface area contributed by atoms with Crippen LogP contribution in [0.5, 0.6) is 0 Å². The molecular formula is C21H18O3. The summed E-state index contributed by atoms with van der Waals surface area (Å²) >= 11 is 0. The van der Waals surface area contributed by atoms with Crippen molar-refractivity contribution >= 4 is 17.9 Å². The molecule has 0 unspecified atom stereocenters. The van der Waals surface area contributed by atoms with Gasteiger partial charge in [0.1, 0.15) is 11.7 Å². The van der Waals surface area contributed by atoms with Crippen LogP contribution in [0, 0.1) is 5.41 Å². The highest BCUT2D eigenvalue weighted by molar-refractivity contribution is 6.20. The van der Waals surface area contributed by atoms with Gasteiger partial charge in [0.25, 0.3) is 0 Å². The fourth-order valence-electron chi connectivity index (χ4n) is 3.33. The van der Waals surface area contributed by atoms with Crippen LogP contribution in [-0.4, -0.2) is 17.9 Å². The third kappa shape index (κ3) is 2.85. The van der Waals surface area contributed by atoms with Gasteiger partial charge in [-0.2, -0.15) is 0 Å². The van der Waals surface area contributed by atoms with E-state index in [1.807, 2.05) is 18.2 Å². The normalized spacial score (nSPS) is 16.1. The highest BCUT2D eigenvalue weighted by Gasteiger charge is 2.47. The van der Waals surface area contributed by atoms with Crippen LogP contribution in [0.15, 0.2) is 72.3 Å². The summed E-state index contributed by atoms with van der Waals surface area (Å²) in [7, 11) is 0. The van der Waals surface area contributed by atoms with E-state index in [2.05, 4.69) is 0 Å². The van der Waals surface area contributed by atoms with Crippen LogP contribution in [0.1, 0.15) is 40.0 Å². The fourth-order valence-corrected chi connectivity index (χ4v) is 3.33. The first-order valence-electron chi connectivity index (χ1n) is 8.01. The molecular weight excluding hydrogens is 300 g/mol. The molecule has 0 amide bonds. The van der Waals surface area contributed by atoms with Crippen molar-refractivity contribution in [2.75, 3.05) is 0 Å². The van der Waals surface area contributed by atoms with Crippen molar-refractivity contribution in [3.8, 4) is 0 Å². The van der Waals surface area contributed by atoms with Crippen molar-refractivity contribution in [1.82, 2.24) is 0 Å². The third-order valence-electron chi connectivity index (χ3n) is 4.58. The molecule has 0 aliphatic heterocycles. The van der Waals surface area contributed by atoms with Gasteiger partial charge in [0, 0.05) is 11.1 Å². The van der Waals surface area contributed by atoms with Crippen LogP contribution in [-0.2, 0) is 4.79 Å². The second-order valence-electron chi connectivity index (χ2n) is 6.08. The average Bonchev–Trinajstić information content (AvgIpc) is 2.68. The average molecular weight is 318 g/mol. The summed E-state index contributed by atoms with van der Waals surface area (Å²) in [5, 5.41) is 0. The first-order valence-corrected chi connectivity index (χ1v) is 8.01. The molecule has 0 bridgehead atoms. The number of hydrogen-bond donors (Lipinski definition) is 0. The van der Waals surface area contributed by atoms with Crippen molar-refractivity contribution in [1.29, 1.82) is 0 Å². The summed E-state index contributed by atoms with van der Waals surface area (Å²) in [5.74, 6) is -0.409. The van der Waals surface area contributed by atoms with Gasteiger partial charge < -0.3 is 0 Å². The van der Waals surface area contributed by atoms with Gasteiger partial charge in [-0.1, -0.05) is 66.7 Å². The van der Waals surface area contributed by atoms with E-state index in [1.54, 1.807) is 48.5 Å². The molecule has 0 spiro atoms. The Kier molecular flexibility index (Phi) is 4.52. The second-order valence-corrected chi connectivity index (χ2v) is 6.08. The zero-order valence-electron chi connectivity index (χ0n) is 13.3. The largest absolute Gasteiger partial charge is 0.298 e. The van der Waals surface area contributed by atoms with Gasteiger partial charge in [-0.15, -0.1) is 0 Å². The lowest BCUT2D eigenvalue weighted by atomic mass is 9.65. The zero-order chi connectivity index (χ0) is 17.0. The summed E-state index contributed by atoms with van der Waals surface area (Å²) in [4.78, 5) is 37.7. The maximum absolute atomic E-state index is 13.2. The van der Waals surface area contributed by atoms with Crippen LogP contribution >= 0.6 is 0 Å². The van der Waals surface area contributed by atoms with Crippen LogP contribution < -0.4 is 0 Å². The van der Waals surface area contributed by atoms with Crippen LogP contribution in [0.25, 0.3) is 0 Å². The minimum absolute atomic E-state index is 0.165. The Morgan fingerprint density at radius 2 is 1.33 bits per heavy atom. The maximum Gasteiger partial charge on any atom is 0.177 e. The summed E-state index contributed by atoms with van der Waals surface area (Å²) in [5.41, 5.74) is 0.339. The van der Waals surface area contributed by atoms with E-state index < -0.39 is 5.41 Å². The molecule has 0 radical (unpaired) electrons. The molecule has 0 saturated carbocycles. The number of rotatable bonds is 5. The van der Waals surface area contributed by atoms with Gasteiger partial charge >= 0.3 is 0 Å². The quantitative estimate of drug-likeness (QED) is 0.475. The van der Waals surface area contributed by atoms with E-state index in [0.717, 1.165) is 6.29 Å². The molecule has 0 aromatic heterocycles. The monoisotopic (exact) mass is 318 g/mol. The molecule has 3 heteroatoms. The Morgan fingerprint density at radius 1 is 0.833 bits per heavy atom. The van der Waals surface area contributed by atoms with Gasteiger partial charge in [-0.05, 0) is 24.8 Å². The van der Waals surface area contributed by atoms with E-state index in [-0.39, 0.29) is 18.0 Å². The predicted molar refractivity (Wildman–Crippen MR) is 92.0 cm³/mol. The number of allylic oxidation sites excluding steroid dienone is 2. The molecule has 0 saturated heterocycles. The van der Waals surface area contributed by atoms with Gasteiger partial charge in [0.15, 0.2) is 11.6 Å². The third-order valence-corrected chi connectivity index (χ3v) is 4.58. The van der Waals surface area contributed by atoms with Crippen molar-refractivity contribution in [3.63, 3.8) is 0 Å². The van der Waals surface area contributed by atoms with E-state index in [4.69, 9.17) is 0 Å². The Morgan fingerprint density at radius 3 is 1.79 bits per heavy atom. The van der Waals surface area contributed by atoms with E-state index in [1.165, 1.54) is 0 Å². The summed E-state index contributed by atoms with van der Waals surface area (Å²) < 4.78 is 0. The minimum Gasteiger partial charge on any atom is -0.298 e. The number of carbonyl (C=O) groups excluding carboxylic acids is 3. The number of hydrogen-bond acceptors (Lipinski definition) is 3. The fraction of sp³-hybridized carbons (Fsp3) is 0.190. The Bertz CT molecular complexity index is 737. The number of aldehydes is 1. The molecule has 2 aromatic rings. The van der Waals surface area contributed by atoms with Crippen molar-refractivity contribution in [3.05, 3.63) is 83.4 Å². The first kappa shape index (κ1) is 16.1. The van der Waals surface area contributed by atoms with Crippen LogP contribution in [0.3, 0.4) is 0 Å². The highest BCUT2D eigenvalue weighted by Crippen LogP contribution is 2.41. The smallest absolute Gasteiger partial charge is 0.177 e. The predicted octanol–water partition coefficient (Wildman–Crippen LogP) is 4.05. The minimum atomic E-state index is -1.20. The van der Waals surface area contributed by atoms with Gasteiger partial charge in [0.2, 0.25) is 0 Å². The topological polar surface area (TPSA) is 51.2 Å². The molecule has 2 aromatic carbocycles. The van der Waals surface area contributed by atoms with E-state index in [9.17, 15) is 14.4 Å². The van der Waals surface area contributed by atoms with Crippen molar-refractivity contribution in [2.24, 2.45) is 5.41 Å². The van der Waals surface area contributed by atoms with Crippen LogP contribution in [0.2, 0.25) is 0 Å². The summed E-state index contributed by atoms with van der Waals surface area (Å²) in [6, 6.07) is 17.7. The number of carbonyl (C=O) groups is 3. The summed E-state index contributed by atoms with van der Waals surface area (Å²) in [6.07, 6.45) is 3.71. The lowest BCUT2D eigenvalue weighted by molar-refractivity contribution is -0.105. The first-order chi connectivity index (χ1) is 11.7. The Balaban J connectivity index is 2.08. The molecule has 120 valence electrons. The van der Waals surface area contributed by atoms with E-state index in [0.29, 0.717) is 29.5 Å². The van der Waals surface area contributed by atoms with Gasteiger partial charge in [-0.3, -0.25) is 14.4 Å². The van der Waals surface area contributed by atoms with Crippen LogP contribution in [0.4, 0.5) is 0 Å². The number of benzene rings is 2. The molecule has 1 aliphatic rings. The zero-order valence-corrected chi connectivity index (χ0v) is 13.3. The number of Topliss-reactive ketones (excluding diaryl/α,β-unsaturated/α-hetero) is 2.